The maximum atomic E-state index is 13.1. The van der Waals surface area contributed by atoms with Crippen molar-refractivity contribution in [1.82, 2.24) is 19.9 Å². The zero-order valence-electron chi connectivity index (χ0n) is 17.8. The normalized spacial score (nSPS) is 11.9. The lowest BCUT2D eigenvalue weighted by atomic mass is 10.1. The van der Waals surface area contributed by atoms with Crippen LogP contribution in [0.5, 0.6) is 11.6 Å². The number of fused-ring (bicyclic) bond motifs is 1. The van der Waals surface area contributed by atoms with Gasteiger partial charge in [0.1, 0.15) is 10.5 Å². The smallest absolute Gasteiger partial charge is 0.334 e. The number of aromatic amines is 1. The van der Waals surface area contributed by atoms with E-state index in [9.17, 15) is 14.4 Å². The number of rotatable bonds is 6. The number of thiophene rings is 1. The molecular weight excluding hydrogens is 468 g/mol. The minimum atomic E-state index is -0.688. The number of ether oxygens (including phenoxy) is 2. The molecule has 0 fully saturated rings. The molecular formula is C22H19ClN4O5S. The molecule has 0 aliphatic carbocycles. The molecule has 1 unspecified atom stereocenters. The molecule has 1 aromatic carbocycles. The molecule has 11 heteroatoms. The lowest BCUT2D eigenvalue weighted by Crippen LogP contribution is -2.33. The fourth-order valence-electron chi connectivity index (χ4n) is 3.27. The highest BCUT2D eigenvalue weighted by atomic mass is 35.5. The van der Waals surface area contributed by atoms with Gasteiger partial charge in [-0.05, 0) is 42.8 Å². The van der Waals surface area contributed by atoms with Crippen LogP contribution in [0.15, 0.2) is 52.1 Å². The third-order valence-corrected chi connectivity index (χ3v) is 6.34. The second-order valence-electron chi connectivity index (χ2n) is 7.05. The molecule has 3 aromatic heterocycles. The first kappa shape index (κ1) is 22.6. The standard InChI is InChI=1S/C22H19ClN4O5S/c1-11(12-4-6-13(23)7-5-12)24-19(28)16-10-14-18(33-16)21(29)27(22(30)25-14)17-9-8-15(31-2)20(26-17)32-3/h4-11H,1-3H3,(H,24,28)(H,25,30). The Kier molecular flexibility index (Phi) is 6.21. The van der Waals surface area contributed by atoms with Gasteiger partial charge in [-0.2, -0.15) is 4.98 Å². The molecule has 0 radical (unpaired) electrons. The van der Waals surface area contributed by atoms with Gasteiger partial charge >= 0.3 is 5.69 Å². The van der Waals surface area contributed by atoms with Crippen molar-refractivity contribution < 1.29 is 14.3 Å². The molecule has 9 nitrogen and oxygen atoms in total. The number of hydrogen-bond acceptors (Lipinski definition) is 7. The molecule has 4 rings (SSSR count). The third-order valence-electron chi connectivity index (χ3n) is 4.97. The Morgan fingerprint density at radius 3 is 2.55 bits per heavy atom. The van der Waals surface area contributed by atoms with Gasteiger partial charge in [0.15, 0.2) is 5.75 Å². The van der Waals surface area contributed by atoms with Crippen molar-refractivity contribution in [3.63, 3.8) is 0 Å². The topological polar surface area (TPSA) is 115 Å². The van der Waals surface area contributed by atoms with Gasteiger partial charge in [-0.25, -0.2) is 9.36 Å². The maximum absolute atomic E-state index is 13.1. The number of halogens is 1. The van der Waals surface area contributed by atoms with Gasteiger partial charge in [0.2, 0.25) is 0 Å². The van der Waals surface area contributed by atoms with E-state index in [0.717, 1.165) is 21.5 Å². The quantitative estimate of drug-likeness (QED) is 0.432. The fourth-order valence-corrected chi connectivity index (χ4v) is 4.35. The fraction of sp³-hybridized carbons (Fsp3) is 0.182. The van der Waals surface area contributed by atoms with Crippen LogP contribution in [0.2, 0.25) is 5.02 Å². The highest BCUT2D eigenvalue weighted by molar-refractivity contribution is 7.20. The molecule has 4 aromatic rings. The van der Waals surface area contributed by atoms with Gasteiger partial charge in [0.25, 0.3) is 17.3 Å². The van der Waals surface area contributed by atoms with Gasteiger partial charge in [-0.3, -0.25) is 9.59 Å². The number of H-pyrrole nitrogens is 1. The van der Waals surface area contributed by atoms with Gasteiger partial charge in [-0.1, -0.05) is 23.7 Å². The monoisotopic (exact) mass is 486 g/mol. The minimum Gasteiger partial charge on any atom is -0.491 e. The number of hydrogen-bond donors (Lipinski definition) is 2. The summed E-state index contributed by atoms with van der Waals surface area (Å²) in [5.41, 5.74) is -0.130. The van der Waals surface area contributed by atoms with E-state index in [1.165, 1.54) is 26.4 Å². The van der Waals surface area contributed by atoms with Crippen LogP contribution in [-0.2, 0) is 0 Å². The summed E-state index contributed by atoms with van der Waals surface area (Å²) in [6.07, 6.45) is 0. The van der Waals surface area contributed by atoms with E-state index in [4.69, 9.17) is 21.1 Å². The van der Waals surface area contributed by atoms with Crippen LogP contribution in [0.25, 0.3) is 16.0 Å². The number of carbonyl (C=O) groups is 1. The number of pyridine rings is 1. The van der Waals surface area contributed by atoms with Crippen molar-refractivity contribution in [1.29, 1.82) is 0 Å². The van der Waals surface area contributed by atoms with Gasteiger partial charge < -0.3 is 19.8 Å². The van der Waals surface area contributed by atoms with Crippen molar-refractivity contribution in [2.24, 2.45) is 0 Å². The first-order chi connectivity index (χ1) is 15.8. The molecule has 0 saturated carbocycles. The molecule has 0 saturated heterocycles. The SMILES string of the molecule is COc1ccc(-n2c(=O)[nH]c3cc(C(=O)NC(C)c4ccc(Cl)cc4)sc3c2=O)nc1OC. The van der Waals surface area contributed by atoms with Crippen LogP contribution in [0.4, 0.5) is 0 Å². The Hall–Kier alpha value is -3.63. The highest BCUT2D eigenvalue weighted by Crippen LogP contribution is 2.26. The molecule has 0 spiro atoms. The van der Waals surface area contributed by atoms with Crippen LogP contribution in [0.3, 0.4) is 0 Å². The van der Waals surface area contributed by atoms with E-state index in [2.05, 4.69) is 15.3 Å². The third kappa shape index (κ3) is 4.35. The van der Waals surface area contributed by atoms with E-state index >= 15 is 0 Å². The predicted molar refractivity (Wildman–Crippen MR) is 126 cm³/mol. The summed E-state index contributed by atoms with van der Waals surface area (Å²) in [4.78, 5) is 45.7. The number of amides is 1. The van der Waals surface area contributed by atoms with Crippen molar-refractivity contribution in [3.8, 4) is 17.4 Å². The van der Waals surface area contributed by atoms with E-state index in [1.807, 2.05) is 19.1 Å². The molecule has 2 N–H and O–H groups in total. The summed E-state index contributed by atoms with van der Waals surface area (Å²) in [7, 11) is 2.86. The van der Waals surface area contributed by atoms with Crippen molar-refractivity contribution >= 4 is 39.1 Å². The number of benzene rings is 1. The first-order valence-corrected chi connectivity index (χ1v) is 11.0. The zero-order valence-corrected chi connectivity index (χ0v) is 19.4. The number of aromatic nitrogens is 3. The highest BCUT2D eigenvalue weighted by Gasteiger charge is 2.19. The van der Waals surface area contributed by atoms with Crippen LogP contribution in [0, 0.1) is 0 Å². The average molecular weight is 487 g/mol. The Labute approximate surface area is 196 Å². The van der Waals surface area contributed by atoms with Crippen LogP contribution >= 0.6 is 22.9 Å². The Morgan fingerprint density at radius 2 is 1.88 bits per heavy atom. The summed E-state index contributed by atoms with van der Waals surface area (Å²) in [5.74, 6) is 0.187. The molecule has 1 amide bonds. The molecule has 1 atom stereocenters. The van der Waals surface area contributed by atoms with Crippen LogP contribution < -0.4 is 26.0 Å². The number of nitrogens with zero attached hydrogens (tertiary/aromatic N) is 2. The van der Waals surface area contributed by atoms with E-state index in [1.54, 1.807) is 18.2 Å². The second-order valence-corrected chi connectivity index (χ2v) is 8.54. The summed E-state index contributed by atoms with van der Waals surface area (Å²) < 4.78 is 11.4. The van der Waals surface area contributed by atoms with Gasteiger partial charge in [0.05, 0.1) is 30.7 Å². The Morgan fingerprint density at radius 1 is 1.15 bits per heavy atom. The summed E-state index contributed by atoms with van der Waals surface area (Å²) >= 11 is 6.90. The first-order valence-electron chi connectivity index (χ1n) is 9.77. The minimum absolute atomic E-state index is 0.0663. The second kappa shape index (κ2) is 9.08. The lowest BCUT2D eigenvalue weighted by molar-refractivity contribution is 0.0944. The molecule has 0 bridgehead atoms. The Balaban J connectivity index is 1.69. The summed E-state index contributed by atoms with van der Waals surface area (Å²) in [5, 5.41) is 3.49. The largest absolute Gasteiger partial charge is 0.491 e. The lowest BCUT2D eigenvalue weighted by Gasteiger charge is -2.13. The summed E-state index contributed by atoms with van der Waals surface area (Å²) in [6.45, 7) is 1.84. The number of methoxy groups -OCH3 is 2. The van der Waals surface area contributed by atoms with Crippen molar-refractivity contribution in [2.45, 2.75) is 13.0 Å². The maximum Gasteiger partial charge on any atom is 0.334 e. The number of nitrogens with one attached hydrogen (secondary N) is 2. The number of carbonyl (C=O) groups excluding carboxylic acids is 1. The predicted octanol–water partition coefficient (Wildman–Crippen LogP) is 3.30. The zero-order chi connectivity index (χ0) is 23.7. The molecule has 33 heavy (non-hydrogen) atoms. The Bertz CT molecular complexity index is 1460. The van der Waals surface area contributed by atoms with Crippen LogP contribution in [0.1, 0.15) is 28.2 Å². The average Bonchev–Trinajstić information content (AvgIpc) is 3.23. The molecule has 0 aliphatic rings. The van der Waals surface area contributed by atoms with E-state index in [-0.39, 0.29) is 38.7 Å². The van der Waals surface area contributed by atoms with Gasteiger partial charge in [0, 0.05) is 5.02 Å². The molecule has 3 heterocycles. The van der Waals surface area contributed by atoms with E-state index < -0.39 is 11.2 Å². The van der Waals surface area contributed by atoms with Crippen molar-refractivity contribution in [3.05, 3.63) is 78.8 Å². The summed E-state index contributed by atoms with van der Waals surface area (Å²) in [6, 6.07) is 11.4. The van der Waals surface area contributed by atoms with Crippen LogP contribution in [-0.4, -0.2) is 34.7 Å². The van der Waals surface area contributed by atoms with E-state index in [0.29, 0.717) is 10.8 Å². The molecule has 170 valence electrons. The molecule has 0 aliphatic heterocycles. The van der Waals surface area contributed by atoms with Gasteiger partial charge in [-0.15, -0.1) is 11.3 Å². The van der Waals surface area contributed by atoms with Crippen molar-refractivity contribution in [2.75, 3.05) is 14.2 Å².